The second-order valence-electron chi connectivity index (χ2n) is 5.35. The number of aromatic nitrogens is 3. The summed E-state index contributed by atoms with van der Waals surface area (Å²) in [6.07, 6.45) is -1.78. The van der Waals surface area contributed by atoms with Crippen molar-refractivity contribution in [2.24, 2.45) is 0 Å². The van der Waals surface area contributed by atoms with Gasteiger partial charge in [0.1, 0.15) is 17.6 Å². The molecule has 0 saturated carbocycles. The normalized spacial score (nSPS) is 15.2. The number of pyridine rings is 1. The van der Waals surface area contributed by atoms with Crippen molar-refractivity contribution in [3.8, 4) is 6.07 Å². The largest absolute Gasteiger partial charge is 0.433 e. The van der Waals surface area contributed by atoms with Gasteiger partial charge in [-0.25, -0.2) is 15.0 Å². The van der Waals surface area contributed by atoms with Gasteiger partial charge in [0.2, 0.25) is 5.95 Å². The zero-order chi connectivity index (χ0) is 18.0. The molecule has 1 aliphatic heterocycles. The Morgan fingerprint density at radius 3 is 2.44 bits per heavy atom. The zero-order valence-corrected chi connectivity index (χ0v) is 14.4. The first kappa shape index (κ1) is 17.4. The van der Waals surface area contributed by atoms with Gasteiger partial charge in [-0.2, -0.15) is 18.4 Å². The maximum Gasteiger partial charge on any atom is 0.433 e. The van der Waals surface area contributed by atoms with E-state index in [0.29, 0.717) is 42.0 Å². The van der Waals surface area contributed by atoms with Crippen molar-refractivity contribution in [2.45, 2.75) is 6.18 Å². The van der Waals surface area contributed by atoms with Crippen LogP contribution in [0.3, 0.4) is 0 Å². The highest BCUT2D eigenvalue weighted by molar-refractivity contribution is 9.10. The van der Waals surface area contributed by atoms with Crippen LogP contribution < -0.4 is 9.80 Å². The third kappa shape index (κ3) is 3.82. The van der Waals surface area contributed by atoms with Gasteiger partial charge < -0.3 is 9.80 Å². The Labute approximate surface area is 150 Å². The fraction of sp³-hybridized carbons (Fsp3) is 0.333. The molecule has 0 spiro atoms. The predicted molar refractivity (Wildman–Crippen MR) is 88.1 cm³/mol. The molecule has 6 nitrogen and oxygen atoms in total. The lowest BCUT2D eigenvalue weighted by Gasteiger charge is -2.35. The van der Waals surface area contributed by atoms with Crippen molar-refractivity contribution < 1.29 is 13.2 Å². The summed E-state index contributed by atoms with van der Waals surface area (Å²) in [6.45, 7) is 1.87. The molecule has 130 valence electrons. The average molecular weight is 413 g/mol. The monoisotopic (exact) mass is 412 g/mol. The van der Waals surface area contributed by atoms with Crippen molar-refractivity contribution in [3.63, 3.8) is 0 Å². The molecule has 0 aromatic carbocycles. The lowest BCUT2D eigenvalue weighted by atomic mass is 10.2. The number of rotatable bonds is 2. The van der Waals surface area contributed by atoms with Crippen molar-refractivity contribution in [2.75, 3.05) is 36.0 Å². The van der Waals surface area contributed by atoms with Gasteiger partial charge in [-0.3, -0.25) is 0 Å². The van der Waals surface area contributed by atoms with E-state index in [1.807, 2.05) is 4.90 Å². The fourth-order valence-electron chi connectivity index (χ4n) is 2.54. The maximum absolute atomic E-state index is 12.8. The number of nitrogens with zero attached hydrogens (tertiary/aromatic N) is 6. The average Bonchev–Trinajstić information content (AvgIpc) is 2.61. The molecule has 1 aliphatic rings. The lowest BCUT2D eigenvalue weighted by Crippen LogP contribution is -2.47. The summed E-state index contributed by atoms with van der Waals surface area (Å²) in [5.41, 5.74) is -0.514. The SMILES string of the molecule is N#Cc1cc(Br)cnc1N1CCN(c2nccc(C(F)(F)F)n2)CC1. The Kier molecular flexibility index (Phi) is 4.76. The molecule has 0 atom stereocenters. The van der Waals surface area contributed by atoms with Crippen molar-refractivity contribution in [3.05, 3.63) is 40.3 Å². The minimum Gasteiger partial charge on any atom is -0.352 e. The van der Waals surface area contributed by atoms with Crippen LogP contribution in [0.5, 0.6) is 0 Å². The molecule has 1 saturated heterocycles. The number of anilines is 2. The van der Waals surface area contributed by atoms with Gasteiger partial charge in [0.05, 0.1) is 5.56 Å². The van der Waals surface area contributed by atoms with Crippen LogP contribution in [0.2, 0.25) is 0 Å². The predicted octanol–water partition coefficient (Wildman–Crippen LogP) is 2.85. The molecule has 3 heterocycles. The van der Waals surface area contributed by atoms with Gasteiger partial charge in [-0.05, 0) is 28.1 Å². The molecular weight excluding hydrogens is 401 g/mol. The van der Waals surface area contributed by atoms with Crippen molar-refractivity contribution in [1.82, 2.24) is 15.0 Å². The zero-order valence-electron chi connectivity index (χ0n) is 12.8. The molecule has 0 bridgehead atoms. The number of alkyl halides is 3. The van der Waals surface area contributed by atoms with Crippen molar-refractivity contribution >= 4 is 27.7 Å². The number of hydrogen-bond donors (Lipinski definition) is 0. The van der Waals surface area contributed by atoms with E-state index in [9.17, 15) is 18.4 Å². The molecule has 2 aromatic rings. The molecule has 0 unspecified atom stereocenters. The number of nitriles is 1. The summed E-state index contributed by atoms with van der Waals surface area (Å²) >= 11 is 3.28. The van der Waals surface area contributed by atoms with Gasteiger partial charge in [-0.1, -0.05) is 0 Å². The highest BCUT2D eigenvalue weighted by Gasteiger charge is 2.33. The van der Waals surface area contributed by atoms with E-state index in [-0.39, 0.29) is 5.95 Å². The number of piperazine rings is 1. The first-order valence-electron chi connectivity index (χ1n) is 7.34. The maximum atomic E-state index is 12.8. The molecule has 1 fully saturated rings. The summed E-state index contributed by atoms with van der Waals surface area (Å²) in [5.74, 6) is 0.619. The van der Waals surface area contributed by atoms with Crippen LogP contribution in [-0.2, 0) is 6.18 Å². The van der Waals surface area contributed by atoms with Crippen LogP contribution >= 0.6 is 15.9 Å². The molecule has 0 amide bonds. The third-order valence-electron chi connectivity index (χ3n) is 3.75. The van der Waals surface area contributed by atoms with Crippen LogP contribution in [0.15, 0.2) is 29.0 Å². The smallest absolute Gasteiger partial charge is 0.352 e. The lowest BCUT2D eigenvalue weighted by molar-refractivity contribution is -0.141. The Morgan fingerprint density at radius 1 is 1.12 bits per heavy atom. The van der Waals surface area contributed by atoms with E-state index in [1.165, 1.54) is 0 Å². The molecule has 25 heavy (non-hydrogen) atoms. The first-order chi connectivity index (χ1) is 11.9. The van der Waals surface area contributed by atoms with Gasteiger partial charge in [0.15, 0.2) is 0 Å². The Hall–Kier alpha value is -2.41. The van der Waals surface area contributed by atoms with Crippen LogP contribution in [0.4, 0.5) is 24.9 Å². The summed E-state index contributed by atoms with van der Waals surface area (Å²) < 4.78 is 39.0. The van der Waals surface area contributed by atoms with Crippen LogP contribution in [-0.4, -0.2) is 41.1 Å². The highest BCUT2D eigenvalue weighted by Crippen LogP contribution is 2.28. The summed E-state index contributed by atoms with van der Waals surface area (Å²) in [4.78, 5) is 15.4. The van der Waals surface area contributed by atoms with Crippen LogP contribution in [0.1, 0.15) is 11.3 Å². The van der Waals surface area contributed by atoms with E-state index in [1.54, 1.807) is 17.2 Å². The summed E-state index contributed by atoms with van der Waals surface area (Å²) in [7, 11) is 0. The molecule has 3 rings (SSSR count). The highest BCUT2D eigenvalue weighted by atomic mass is 79.9. The second kappa shape index (κ2) is 6.84. The summed E-state index contributed by atoms with van der Waals surface area (Å²) in [5, 5.41) is 9.24. The standard InChI is InChI=1S/C15H12BrF3N6/c16-11-7-10(8-20)13(22-9-11)24-3-5-25(6-4-24)14-21-2-1-12(23-14)15(17,18)19/h1-2,7,9H,3-6H2. The Bertz CT molecular complexity index is 812. The molecular formula is C15H12BrF3N6. The van der Waals surface area contributed by atoms with Crippen LogP contribution in [0, 0.1) is 11.3 Å². The quantitative estimate of drug-likeness (QED) is 0.755. The molecule has 10 heteroatoms. The number of halogens is 4. The second-order valence-corrected chi connectivity index (χ2v) is 6.27. The van der Waals surface area contributed by atoms with Gasteiger partial charge in [-0.15, -0.1) is 0 Å². The van der Waals surface area contributed by atoms with E-state index in [0.717, 1.165) is 12.3 Å². The van der Waals surface area contributed by atoms with E-state index >= 15 is 0 Å². The van der Waals surface area contributed by atoms with Gasteiger partial charge >= 0.3 is 6.18 Å². The first-order valence-corrected chi connectivity index (χ1v) is 8.13. The fourth-order valence-corrected chi connectivity index (χ4v) is 2.87. The van der Waals surface area contributed by atoms with Crippen LogP contribution in [0.25, 0.3) is 0 Å². The molecule has 2 aromatic heterocycles. The molecule has 0 radical (unpaired) electrons. The molecule has 0 N–H and O–H groups in total. The van der Waals surface area contributed by atoms with Gasteiger partial charge in [0, 0.05) is 43.0 Å². The topological polar surface area (TPSA) is 68.9 Å². The minimum atomic E-state index is -4.50. The van der Waals surface area contributed by atoms with Gasteiger partial charge in [0.25, 0.3) is 0 Å². The van der Waals surface area contributed by atoms with E-state index < -0.39 is 11.9 Å². The molecule has 0 aliphatic carbocycles. The summed E-state index contributed by atoms with van der Waals surface area (Å²) in [6, 6.07) is 4.64. The minimum absolute atomic E-state index is 0.0544. The Morgan fingerprint density at radius 2 is 1.80 bits per heavy atom. The van der Waals surface area contributed by atoms with E-state index in [4.69, 9.17) is 0 Å². The third-order valence-corrected chi connectivity index (χ3v) is 4.18. The van der Waals surface area contributed by atoms with E-state index in [2.05, 4.69) is 37.0 Å². The number of hydrogen-bond acceptors (Lipinski definition) is 6. The Balaban J connectivity index is 1.74. The van der Waals surface area contributed by atoms with Crippen molar-refractivity contribution in [1.29, 1.82) is 5.26 Å².